The number of methoxy groups -OCH3 is 1. The van der Waals surface area contributed by atoms with Gasteiger partial charge in [-0.2, -0.15) is 0 Å². The number of cyclic esters (lactones) is 1. The number of ether oxygens (including phenoxy) is 3. The summed E-state index contributed by atoms with van der Waals surface area (Å²) in [6.07, 6.45) is 6.58. The standard InChI is InChI=1S/C25H37N3O6/c1-25(2,3)20-22(29)28-16-18(15-19(28)23(30)32-4)34-21-17(12-10-13-26-21)11-8-6-5-7-9-14-33-24(31)27-20/h10,12-13,18-20H,5-9,11,14-16H2,1-4H3,(H,27,31)/t18-,19+,20-/m1/s1. The third-order valence-electron chi connectivity index (χ3n) is 6.35. The Morgan fingerprint density at radius 3 is 2.65 bits per heavy atom. The van der Waals surface area contributed by atoms with Gasteiger partial charge in [-0.25, -0.2) is 14.6 Å². The van der Waals surface area contributed by atoms with Crippen molar-refractivity contribution in [3.8, 4) is 5.88 Å². The van der Waals surface area contributed by atoms with Crippen LogP contribution in [0.5, 0.6) is 5.88 Å². The van der Waals surface area contributed by atoms with Crippen molar-refractivity contribution in [1.82, 2.24) is 15.2 Å². The van der Waals surface area contributed by atoms with Crippen LogP contribution in [0, 0.1) is 5.41 Å². The first-order valence-electron chi connectivity index (χ1n) is 12.1. The predicted molar refractivity (Wildman–Crippen MR) is 125 cm³/mol. The van der Waals surface area contributed by atoms with E-state index in [2.05, 4.69) is 10.3 Å². The van der Waals surface area contributed by atoms with Crippen LogP contribution in [-0.4, -0.2) is 66.3 Å². The molecule has 0 radical (unpaired) electrons. The number of nitrogens with zero attached hydrogens (tertiary/aromatic N) is 2. The van der Waals surface area contributed by atoms with Crippen molar-refractivity contribution in [2.45, 2.75) is 83.9 Å². The lowest BCUT2D eigenvalue weighted by Gasteiger charge is -2.34. The summed E-state index contributed by atoms with van der Waals surface area (Å²) in [6.45, 7) is 6.07. The average molecular weight is 476 g/mol. The van der Waals surface area contributed by atoms with E-state index in [0.29, 0.717) is 12.5 Å². The van der Waals surface area contributed by atoms with Crippen LogP contribution in [0.15, 0.2) is 18.3 Å². The van der Waals surface area contributed by atoms with Gasteiger partial charge in [-0.3, -0.25) is 4.79 Å². The number of alkyl carbamates (subject to hydrolysis) is 1. The van der Waals surface area contributed by atoms with Crippen molar-refractivity contribution in [3.63, 3.8) is 0 Å². The van der Waals surface area contributed by atoms with E-state index in [4.69, 9.17) is 14.2 Å². The first-order valence-corrected chi connectivity index (χ1v) is 12.1. The summed E-state index contributed by atoms with van der Waals surface area (Å²) >= 11 is 0. The number of carbonyl (C=O) groups excluding carboxylic acids is 3. The van der Waals surface area contributed by atoms with Crippen molar-refractivity contribution in [2.75, 3.05) is 20.3 Å². The largest absolute Gasteiger partial charge is 0.472 e. The van der Waals surface area contributed by atoms with Gasteiger partial charge < -0.3 is 24.4 Å². The molecule has 9 heteroatoms. The van der Waals surface area contributed by atoms with Gasteiger partial charge in [0.1, 0.15) is 18.2 Å². The second kappa shape index (κ2) is 11.5. The maximum atomic E-state index is 13.6. The molecule has 3 atom stereocenters. The van der Waals surface area contributed by atoms with Crippen LogP contribution >= 0.6 is 0 Å². The van der Waals surface area contributed by atoms with Gasteiger partial charge in [0.2, 0.25) is 11.8 Å². The molecule has 1 fully saturated rings. The van der Waals surface area contributed by atoms with Gasteiger partial charge >= 0.3 is 12.1 Å². The number of hydrogen-bond acceptors (Lipinski definition) is 7. The number of rotatable bonds is 1. The van der Waals surface area contributed by atoms with Crippen molar-refractivity contribution in [3.05, 3.63) is 23.9 Å². The molecule has 0 spiro atoms. The Morgan fingerprint density at radius 1 is 1.18 bits per heavy atom. The lowest BCUT2D eigenvalue weighted by molar-refractivity contribution is -0.152. The monoisotopic (exact) mass is 475 g/mol. The SMILES string of the molecule is COC(=O)[C@@H]1C[C@@H]2CN1C(=O)[C@H](C(C)(C)C)NC(=O)OCCCCCCCc1cccnc1O2. The normalized spacial score (nSPS) is 25.2. The molecule has 2 amide bonds. The molecule has 1 aromatic heterocycles. The maximum Gasteiger partial charge on any atom is 0.407 e. The molecule has 0 aliphatic carbocycles. The van der Waals surface area contributed by atoms with E-state index >= 15 is 0 Å². The summed E-state index contributed by atoms with van der Waals surface area (Å²) in [4.78, 5) is 44.6. The highest BCUT2D eigenvalue weighted by atomic mass is 16.5. The van der Waals surface area contributed by atoms with Crippen LogP contribution in [0.25, 0.3) is 0 Å². The van der Waals surface area contributed by atoms with E-state index in [9.17, 15) is 14.4 Å². The van der Waals surface area contributed by atoms with Crippen LogP contribution in [-0.2, 0) is 25.5 Å². The van der Waals surface area contributed by atoms with E-state index in [0.717, 1.165) is 44.1 Å². The van der Waals surface area contributed by atoms with Gasteiger partial charge in [-0.1, -0.05) is 46.1 Å². The summed E-state index contributed by atoms with van der Waals surface area (Å²) < 4.78 is 16.5. The third kappa shape index (κ3) is 6.61. The molecule has 2 bridgehead atoms. The van der Waals surface area contributed by atoms with Gasteiger partial charge in [0.05, 0.1) is 20.3 Å². The summed E-state index contributed by atoms with van der Waals surface area (Å²) in [7, 11) is 1.30. The van der Waals surface area contributed by atoms with Gasteiger partial charge in [-0.05, 0) is 30.7 Å². The Kier molecular flexibility index (Phi) is 8.74. The van der Waals surface area contributed by atoms with Crippen LogP contribution in [0.4, 0.5) is 4.79 Å². The fourth-order valence-corrected chi connectivity index (χ4v) is 4.45. The average Bonchev–Trinajstić information content (AvgIpc) is 3.21. The molecule has 0 aromatic carbocycles. The summed E-state index contributed by atoms with van der Waals surface area (Å²) in [5, 5.41) is 2.73. The number of aromatic nitrogens is 1. The van der Waals surface area contributed by atoms with Gasteiger partial charge in [0.15, 0.2) is 0 Å². The second-order valence-electron chi connectivity index (χ2n) is 10.1. The zero-order valence-corrected chi connectivity index (χ0v) is 20.7. The third-order valence-corrected chi connectivity index (χ3v) is 6.35. The van der Waals surface area contributed by atoms with Crippen molar-refractivity contribution in [2.24, 2.45) is 5.41 Å². The van der Waals surface area contributed by atoms with E-state index in [1.165, 1.54) is 12.0 Å². The number of carbonyl (C=O) groups is 3. The first-order chi connectivity index (χ1) is 16.2. The minimum absolute atomic E-state index is 0.192. The van der Waals surface area contributed by atoms with E-state index in [1.807, 2.05) is 32.9 Å². The molecule has 1 N–H and O–H groups in total. The van der Waals surface area contributed by atoms with E-state index in [1.54, 1.807) is 6.20 Å². The fraction of sp³-hybridized carbons (Fsp3) is 0.680. The van der Waals surface area contributed by atoms with Crippen LogP contribution in [0.1, 0.15) is 64.9 Å². The molecule has 34 heavy (non-hydrogen) atoms. The van der Waals surface area contributed by atoms with E-state index in [-0.39, 0.29) is 18.9 Å². The topological polar surface area (TPSA) is 107 Å². The minimum atomic E-state index is -0.879. The van der Waals surface area contributed by atoms with Gasteiger partial charge in [0, 0.05) is 18.2 Å². The number of nitrogens with one attached hydrogen (secondary N) is 1. The number of hydrogen-bond donors (Lipinski definition) is 1. The Hall–Kier alpha value is -2.84. The van der Waals surface area contributed by atoms with Crippen LogP contribution in [0.3, 0.4) is 0 Å². The first kappa shape index (κ1) is 25.8. The Labute approximate surface area is 201 Å². The molecular formula is C25H37N3O6. The molecule has 2 aliphatic heterocycles. The van der Waals surface area contributed by atoms with Gasteiger partial charge in [0.25, 0.3) is 0 Å². The zero-order valence-electron chi connectivity index (χ0n) is 20.7. The fourth-order valence-electron chi connectivity index (χ4n) is 4.45. The molecule has 9 nitrogen and oxygen atoms in total. The van der Waals surface area contributed by atoms with Crippen molar-refractivity contribution in [1.29, 1.82) is 0 Å². The minimum Gasteiger partial charge on any atom is -0.472 e. The molecular weight excluding hydrogens is 438 g/mol. The summed E-state index contributed by atoms with van der Waals surface area (Å²) in [5.41, 5.74) is 0.413. The smallest absolute Gasteiger partial charge is 0.407 e. The highest BCUT2D eigenvalue weighted by molar-refractivity contribution is 5.91. The molecule has 3 heterocycles. The highest BCUT2D eigenvalue weighted by Gasteiger charge is 2.46. The number of amides is 2. The number of fused-ring (bicyclic) bond motifs is 3. The summed E-state index contributed by atoms with van der Waals surface area (Å²) in [6, 6.07) is 2.22. The highest BCUT2D eigenvalue weighted by Crippen LogP contribution is 2.29. The molecule has 3 rings (SSSR count). The molecule has 1 saturated heterocycles. The maximum absolute atomic E-state index is 13.6. The van der Waals surface area contributed by atoms with Crippen LogP contribution in [0.2, 0.25) is 0 Å². The van der Waals surface area contributed by atoms with Crippen molar-refractivity contribution >= 4 is 18.0 Å². The van der Waals surface area contributed by atoms with Crippen LogP contribution < -0.4 is 10.1 Å². The number of aryl methyl sites for hydroxylation is 1. The Morgan fingerprint density at radius 2 is 1.91 bits per heavy atom. The molecule has 1 aromatic rings. The zero-order chi connectivity index (χ0) is 24.7. The summed E-state index contributed by atoms with van der Waals surface area (Å²) in [5.74, 6) is -0.337. The van der Waals surface area contributed by atoms with Gasteiger partial charge in [-0.15, -0.1) is 0 Å². The molecule has 0 saturated carbocycles. The van der Waals surface area contributed by atoms with Crippen molar-refractivity contribution < 1.29 is 28.6 Å². The molecule has 2 aliphatic rings. The molecule has 188 valence electrons. The lowest BCUT2D eigenvalue weighted by atomic mass is 9.85. The lowest BCUT2D eigenvalue weighted by Crippen LogP contribution is -2.57. The Balaban J connectivity index is 1.89. The predicted octanol–water partition coefficient (Wildman–Crippen LogP) is 3.25. The quantitative estimate of drug-likeness (QED) is 0.621. The number of pyridine rings is 1. The second-order valence-corrected chi connectivity index (χ2v) is 10.1. The van der Waals surface area contributed by atoms with E-state index < -0.39 is 35.7 Å². The Bertz CT molecular complexity index is 868. The molecule has 0 unspecified atom stereocenters. The number of esters is 1.